The van der Waals surface area contributed by atoms with E-state index in [1.807, 2.05) is 0 Å². The summed E-state index contributed by atoms with van der Waals surface area (Å²) in [6.45, 7) is 0. The molecular weight excluding hydrogens is 313 g/mol. The lowest BCUT2D eigenvalue weighted by Crippen LogP contribution is -2.00. The van der Waals surface area contributed by atoms with Crippen molar-refractivity contribution in [3.63, 3.8) is 0 Å². The molecule has 0 fully saturated rings. The minimum atomic E-state index is 0.321. The fourth-order valence-corrected chi connectivity index (χ4v) is 2.49. The van der Waals surface area contributed by atoms with Gasteiger partial charge >= 0.3 is 0 Å². The van der Waals surface area contributed by atoms with E-state index >= 15 is 0 Å². The average Bonchev–Trinajstić information content (AvgIpc) is 2.89. The van der Waals surface area contributed by atoms with Crippen molar-refractivity contribution in [3.05, 3.63) is 40.6 Å². The Bertz CT molecular complexity index is 817. The van der Waals surface area contributed by atoms with Crippen molar-refractivity contribution in [1.82, 2.24) is 14.8 Å². The Hall–Kier alpha value is -1.98. The van der Waals surface area contributed by atoms with Crippen LogP contribution in [0.5, 0.6) is 11.6 Å². The molecule has 0 aliphatic carbocycles. The predicted molar refractivity (Wildman–Crippen MR) is 82.0 cm³/mol. The van der Waals surface area contributed by atoms with Gasteiger partial charge in [-0.25, -0.2) is 9.67 Å². The van der Waals surface area contributed by atoms with Gasteiger partial charge in [-0.2, -0.15) is 5.10 Å². The van der Waals surface area contributed by atoms with Crippen LogP contribution in [0.2, 0.25) is 10.2 Å². The zero-order chi connectivity index (χ0) is 15.0. The van der Waals surface area contributed by atoms with Crippen molar-refractivity contribution in [2.45, 2.75) is 0 Å². The van der Waals surface area contributed by atoms with E-state index in [0.29, 0.717) is 27.5 Å². The van der Waals surface area contributed by atoms with E-state index in [-0.39, 0.29) is 0 Å². The first-order chi connectivity index (χ1) is 10.1. The van der Waals surface area contributed by atoms with E-state index in [0.717, 1.165) is 10.9 Å². The maximum Gasteiger partial charge on any atom is 0.225 e. The highest BCUT2D eigenvalue weighted by Crippen LogP contribution is 2.32. The maximum atomic E-state index is 6.07. The van der Waals surface area contributed by atoms with Gasteiger partial charge in [0, 0.05) is 11.1 Å². The number of ether oxygens (including phenoxy) is 2. The summed E-state index contributed by atoms with van der Waals surface area (Å²) in [7, 11) is 3.13. The fourth-order valence-electron chi connectivity index (χ4n) is 2.14. The maximum absolute atomic E-state index is 6.07. The average molecular weight is 324 g/mol. The van der Waals surface area contributed by atoms with Crippen molar-refractivity contribution in [1.29, 1.82) is 0 Å². The van der Waals surface area contributed by atoms with Gasteiger partial charge in [0.25, 0.3) is 0 Å². The molecule has 108 valence electrons. The molecule has 0 atom stereocenters. The molecular formula is C14H11Cl2N3O2. The van der Waals surface area contributed by atoms with Crippen molar-refractivity contribution in [2.75, 3.05) is 14.2 Å². The number of hydrogen-bond acceptors (Lipinski definition) is 4. The van der Waals surface area contributed by atoms with Crippen LogP contribution in [0.3, 0.4) is 0 Å². The minimum Gasteiger partial charge on any atom is -0.494 e. The molecule has 0 unspecified atom stereocenters. The van der Waals surface area contributed by atoms with Crippen molar-refractivity contribution in [3.8, 4) is 17.3 Å². The SMILES string of the molecule is COc1ccc(Cl)cc1-n1ncc2c(OC)nc(Cl)cc21. The number of rotatable bonds is 3. The van der Waals surface area contributed by atoms with Gasteiger partial charge in [0.05, 0.1) is 31.3 Å². The molecule has 3 rings (SSSR count). The Balaban J connectivity index is 2.31. The van der Waals surface area contributed by atoms with Crippen molar-refractivity contribution < 1.29 is 9.47 Å². The summed E-state index contributed by atoms with van der Waals surface area (Å²) < 4.78 is 12.3. The van der Waals surface area contributed by atoms with Gasteiger partial charge in [-0.05, 0) is 18.2 Å². The van der Waals surface area contributed by atoms with Gasteiger partial charge < -0.3 is 9.47 Å². The molecule has 1 aromatic carbocycles. The molecule has 0 aliphatic heterocycles. The molecule has 21 heavy (non-hydrogen) atoms. The third kappa shape index (κ3) is 2.39. The fraction of sp³-hybridized carbons (Fsp3) is 0.143. The smallest absolute Gasteiger partial charge is 0.225 e. The first-order valence-electron chi connectivity index (χ1n) is 6.06. The summed E-state index contributed by atoms with van der Waals surface area (Å²) in [4.78, 5) is 4.12. The van der Waals surface area contributed by atoms with Crippen LogP contribution in [0.4, 0.5) is 0 Å². The summed E-state index contributed by atoms with van der Waals surface area (Å²) in [5, 5.41) is 6.02. The van der Waals surface area contributed by atoms with Crippen LogP contribution < -0.4 is 9.47 Å². The monoisotopic (exact) mass is 323 g/mol. The minimum absolute atomic E-state index is 0.321. The third-order valence-corrected chi connectivity index (χ3v) is 3.49. The molecule has 2 aromatic heterocycles. The molecule has 2 heterocycles. The molecule has 0 spiro atoms. The Morgan fingerprint density at radius 2 is 1.90 bits per heavy atom. The Kier molecular flexibility index (Phi) is 3.61. The van der Waals surface area contributed by atoms with E-state index < -0.39 is 0 Å². The summed E-state index contributed by atoms with van der Waals surface area (Å²) >= 11 is 12.1. The van der Waals surface area contributed by atoms with Crippen LogP contribution in [0, 0.1) is 0 Å². The van der Waals surface area contributed by atoms with Crippen molar-refractivity contribution >= 4 is 34.1 Å². The highest BCUT2D eigenvalue weighted by molar-refractivity contribution is 6.31. The zero-order valence-corrected chi connectivity index (χ0v) is 12.8. The molecule has 0 bridgehead atoms. The lowest BCUT2D eigenvalue weighted by atomic mass is 10.2. The lowest BCUT2D eigenvalue weighted by Gasteiger charge is -2.10. The van der Waals surface area contributed by atoms with Crippen LogP contribution in [0.1, 0.15) is 0 Å². The number of pyridine rings is 1. The zero-order valence-electron chi connectivity index (χ0n) is 11.3. The number of methoxy groups -OCH3 is 2. The second-order valence-corrected chi connectivity index (χ2v) is 5.08. The molecule has 0 amide bonds. The summed E-state index contributed by atoms with van der Waals surface area (Å²) in [5.41, 5.74) is 1.47. The number of fused-ring (bicyclic) bond motifs is 1. The molecule has 0 saturated carbocycles. The Morgan fingerprint density at radius 3 is 2.62 bits per heavy atom. The first kappa shape index (κ1) is 14.0. The third-order valence-electron chi connectivity index (χ3n) is 3.06. The highest BCUT2D eigenvalue weighted by atomic mass is 35.5. The number of aromatic nitrogens is 3. The number of nitrogens with zero attached hydrogens (tertiary/aromatic N) is 3. The summed E-state index contributed by atoms with van der Waals surface area (Å²) in [5.74, 6) is 1.07. The molecule has 3 aromatic rings. The largest absolute Gasteiger partial charge is 0.494 e. The molecule has 0 N–H and O–H groups in total. The second kappa shape index (κ2) is 5.42. The Labute approximate surface area is 131 Å². The van der Waals surface area contributed by atoms with Crippen LogP contribution in [-0.2, 0) is 0 Å². The van der Waals surface area contributed by atoms with E-state index in [9.17, 15) is 0 Å². The van der Waals surface area contributed by atoms with Crippen LogP contribution in [0.25, 0.3) is 16.6 Å². The first-order valence-corrected chi connectivity index (χ1v) is 6.82. The predicted octanol–water partition coefficient (Wildman–Crippen LogP) is 3.74. The Morgan fingerprint density at radius 1 is 1.10 bits per heavy atom. The highest BCUT2D eigenvalue weighted by Gasteiger charge is 2.15. The molecule has 5 nitrogen and oxygen atoms in total. The second-order valence-electron chi connectivity index (χ2n) is 4.26. The van der Waals surface area contributed by atoms with Crippen LogP contribution >= 0.6 is 23.2 Å². The number of halogens is 2. The van der Waals surface area contributed by atoms with Gasteiger partial charge in [0.2, 0.25) is 5.88 Å². The number of hydrogen-bond donors (Lipinski definition) is 0. The molecule has 0 aliphatic rings. The van der Waals surface area contributed by atoms with Gasteiger partial charge in [-0.15, -0.1) is 0 Å². The van der Waals surface area contributed by atoms with Gasteiger partial charge in [0.15, 0.2) is 0 Å². The van der Waals surface area contributed by atoms with Crippen LogP contribution in [0.15, 0.2) is 30.5 Å². The van der Waals surface area contributed by atoms with Gasteiger partial charge in [-0.1, -0.05) is 23.2 Å². The van der Waals surface area contributed by atoms with E-state index in [1.54, 1.807) is 42.3 Å². The van der Waals surface area contributed by atoms with E-state index in [4.69, 9.17) is 32.7 Å². The molecule has 7 heteroatoms. The van der Waals surface area contributed by atoms with E-state index in [2.05, 4.69) is 10.1 Å². The van der Waals surface area contributed by atoms with Gasteiger partial charge in [-0.3, -0.25) is 0 Å². The van der Waals surface area contributed by atoms with Crippen LogP contribution in [-0.4, -0.2) is 29.0 Å². The quantitative estimate of drug-likeness (QED) is 0.689. The lowest BCUT2D eigenvalue weighted by molar-refractivity contribution is 0.403. The standard InChI is InChI=1S/C14H11Cl2N3O2/c1-20-12-4-3-8(15)5-11(12)19-10-6-13(16)18-14(21-2)9(10)7-17-19/h3-7H,1-2H3. The normalized spacial score (nSPS) is 10.9. The summed E-state index contributed by atoms with van der Waals surface area (Å²) in [6, 6.07) is 7.02. The van der Waals surface area contributed by atoms with Gasteiger partial charge in [0.1, 0.15) is 16.6 Å². The molecule has 0 saturated heterocycles. The molecule has 0 radical (unpaired) electrons. The van der Waals surface area contributed by atoms with Crippen molar-refractivity contribution in [2.24, 2.45) is 0 Å². The topological polar surface area (TPSA) is 49.2 Å². The summed E-state index contributed by atoms with van der Waals surface area (Å²) in [6.07, 6.45) is 1.66. The van der Waals surface area contributed by atoms with E-state index in [1.165, 1.54) is 7.11 Å². The number of benzene rings is 1.